The number of nitrogens with zero attached hydrogens (tertiary/aromatic N) is 4. The highest BCUT2D eigenvalue weighted by Crippen LogP contribution is 2.18. The summed E-state index contributed by atoms with van der Waals surface area (Å²) in [4.78, 5) is 20.6. The van der Waals surface area contributed by atoms with Gasteiger partial charge in [0.05, 0.1) is 5.69 Å². The highest BCUT2D eigenvalue weighted by molar-refractivity contribution is 7.09. The normalized spacial score (nSPS) is 10.5. The Labute approximate surface area is 124 Å². The highest BCUT2D eigenvalue weighted by Gasteiger charge is 2.13. The van der Waals surface area contributed by atoms with E-state index in [4.69, 9.17) is 5.73 Å². The van der Waals surface area contributed by atoms with Crippen LogP contribution in [-0.4, -0.2) is 25.7 Å². The maximum absolute atomic E-state index is 12.2. The van der Waals surface area contributed by atoms with Gasteiger partial charge in [-0.2, -0.15) is 5.10 Å². The van der Waals surface area contributed by atoms with Crippen LogP contribution < -0.4 is 11.1 Å². The Morgan fingerprint density at radius 1 is 1.38 bits per heavy atom. The van der Waals surface area contributed by atoms with E-state index < -0.39 is 0 Å². The number of hydrogen-bond donors (Lipinski definition) is 2. The summed E-state index contributed by atoms with van der Waals surface area (Å²) in [7, 11) is 0. The molecular weight excluding hydrogens is 288 g/mol. The average molecular weight is 300 g/mol. The first-order valence-electron chi connectivity index (χ1n) is 6.19. The molecule has 0 aliphatic heterocycles. The van der Waals surface area contributed by atoms with Gasteiger partial charge in [0.2, 0.25) is 0 Å². The first-order chi connectivity index (χ1) is 10.3. The molecule has 3 N–H and O–H groups in total. The van der Waals surface area contributed by atoms with Gasteiger partial charge < -0.3 is 11.1 Å². The van der Waals surface area contributed by atoms with Gasteiger partial charge in [-0.25, -0.2) is 14.6 Å². The number of aromatic nitrogens is 4. The predicted octanol–water partition coefficient (Wildman–Crippen LogP) is 1.43. The minimum Gasteiger partial charge on any atom is -0.325 e. The summed E-state index contributed by atoms with van der Waals surface area (Å²) >= 11 is 1.36. The number of carbonyl (C=O) groups is 1. The minimum absolute atomic E-state index is 0.299. The number of amides is 1. The summed E-state index contributed by atoms with van der Waals surface area (Å²) in [5.74, 6) is 0.248. The number of nitrogens with one attached hydrogen (secondary N) is 1. The number of thiazole rings is 1. The number of hydrogen-bond acceptors (Lipinski definition) is 6. The number of pyridine rings is 1. The molecule has 0 aliphatic carbocycles. The van der Waals surface area contributed by atoms with Crippen LogP contribution in [0.5, 0.6) is 0 Å². The van der Waals surface area contributed by atoms with Gasteiger partial charge in [0.15, 0.2) is 5.82 Å². The van der Waals surface area contributed by atoms with Crippen molar-refractivity contribution in [3.8, 4) is 5.82 Å². The van der Waals surface area contributed by atoms with Crippen LogP contribution in [0, 0.1) is 0 Å². The van der Waals surface area contributed by atoms with E-state index >= 15 is 0 Å². The molecule has 0 aliphatic rings. The fourth-order valence-electron chi connectivity index (χ4n) is 1.77. The zero-order valence-corrected chi connectivity index (χ0v) is 11.7. The van der Waals surface area contributed by atoms with E-state index in [1.807, 2.05) is 0 Å². The molecule has 8 heteroatoms. The van der Waals surface area contributed by atoms with Crippen LogP contribution in [0.4, 0.5) is 5.69 Å². The van der Waals surface area contributed by atoms with Crippen LogP contribution in [0.25, 0.3) is 5.82 Å². The smallest absolute Gasteiger partial charge is 0.275 e. The fourth-order valence-corrected chi connectivity index (χ4v) is 2.42. The molecule has 0 bridgehead atoms. The second kappa shape index (κ2) is 5.81. The molecule has 3 aromatic rings. The van der Waals surface area contributed by atoms with Crippen molar-refractivity contribution in [3.05, 3.63) is 52.9 Å². The Morgan fingerprint density at radius 3 is 3.00 bits per heavy atom. The molecule has 0 saturated carbocycles. The predicted molar refractivity (Wildman–Crippen MR) is 79.3 cm³/mol. The summed E-state index contributed by atoms with van der Waals surface area (Å²) in [6, 6.07) is 5.29. The highest BCUT2D eigenvalue weighted by atomic mass is 32.1. The van der Waals surface area contributed by atoms with Crippen molar-refractivity contribution in [3.63, 3.8) is 0 Å². The Kier molecular flexibility index (Phi) is 3.71. The fraction of sp³-hybridized carbons (Fsp3) is 0.0769. The van der Waals surface area contributed by atoms with Gasteiger partial charge in [0.25, 0.3) is 5.91 Å². The average Bonchev–Trinajstić information content (AvgIpc) is 3.19. The van der Waals surface area contributed by atoms with Crippen LogP contribution in [0.1, 0.15) is 15.5 Å². The zero-order chi connectivity index (χ0) is 14.7. The third-order valence-corrected chi connectivity index (χ3v) is 3.59. The van der Waals surface area contributed by atoms with Gasteiger partial charge in [-0.1, -0.05) is 0 Å². The Hall–Kier alpha value is -2.58. The van der Waals surface area contributed by atoms with E-state index in [-0.39, 0.29) is 5.91 Å². The second-order valence-electron chi connectivity index (χ2n) is 4.11. The molecule has 0 radical (unpaired) electrons. The van der Waals surface area contributed by atoms with Gasteiger partial charge in [0.1, 0.15) is 10.7 Å². The Morgan fingerprint density at radius 2 is 2.29 bits per heavy atom. The van der Waals surface area contributed by atoms with Crippen LogP contribution in [0.15, 0.2) is 42.2 Å². The standard InChI is InChI=1S/C13H12N6OS/c14-7-11-17-10(8-21-11)13(20)18-9-3-1-4-15-12(9)19-6-2-5-16-19/h1-6,8H,7,14H2,(H,18,20). The largest absolute Gasteiger partial charge is 0.325 e. The van der Waals surface area contributed by atoms with E-state index in [1.54, 1.807) is 46.9 Å². The molecule has 7 nitrogen and oxygen atoms in total. The van der Waals surface area contributed by atoms with E-state index in [2.05, 4.69) is 20.4 Å². The lowest BCUT2D eigenvalue weighted by Crippen LogP contribution is -2.15. The van der Waals surface area contributed by atoms with E-state index in [0.29, 0.717) is 23.7 Å². The van der Waals surface area contributed by atoms with Crippen molar-refractivity contribution >= 4 is 22.9 Å². The van der Waals surface area contributed by atoms with Crippen LogP contribution in [0.2, 0.25) is 0 Å². The summed E-state index contributed by atoms with van der Waals surface area (Å²) < 4.78 is 1.59. The van der Waals surface area contributed by atoms with Gasteiger partial charge in [-0.3, -0.25) is 4.79 Å². The lowest BCUT2D eigenvalue weighted by molar-refractivity contribution is 0.102. The van der Waals surface area contributed by atoms with Gasteiger partial charge in [-0.05, 0) is 18.2 Å². The van der Waals surface area contributed by atoms with Gasteiger partial charge in [-0.15, -0.1) is 11.3 Å². The first kappa shape index (κ1) is 13.4. The molecule has 3 rings (SSSR count). The van der Waals surface area contributed by atoms with E-state index in [0.717, 1.165) is 5.01 Å². The maximum atomic E-state index is 12.2. The van der Waals surface area contributed by atoms with Gasteiger partial charge in [0, 0.05) is 30.5 Å². The van der Waals surface area contributed by atoms with Crippen molar-refractivity contribution in [2.45, 2.75) is 6.54 Å². The molecule has 3 heterocycles. The van der Waals surface area contributed by atoms with Crippen molar-refractivity contribution in [2.24, 2.45) is 5.73 Å². The monoisotopic (exact) mass is 300 g/mol. The zero-order valence-electron chi connectivity index (χ0n) is 10.9. The molecule has 0 unspecified atom stereocenters. The molecule has 0 fully saturated rings. The number of carbonyl (C=O) groups excluding carboxylic acids is 1. The molecule has 0 aromatic carbocycles. The summed E-state index contributed by atoms with van der Waals surface area (Å²) in [5, 5.41) is 9.31. The molecule has 0 saturated heterocycles. The Bertz CT molecular complexity index is 752. The van der Waals surface area contributed by atoms with Crippen LogP contribution in [0.3, 0.4) is 0 Å². The topological polar surface area (TPSA) is 98.7 Å². The number of rotatable bonds is 4. The summed E-state index contributed by atoms with van der Waals surface area (Å²) in [6.45, 7) is 0.323. The lowest BCUT2D eigenvalue weighted by Gasteiger charge is -2.08. The molecule has 21 heavy (non-hydrogen) atoms. The lowest BCUT2D eigenvalue weighted by atomic mass is 10.3. The third kappa shape index (κ3) is 2.81. The molecular formula is C13H12N6OS. The van der Waals surface area contributed by atoms with Crippen molar-refractivity contribution in [2.75, 3.05) is 5.32 Å². The SMILES string of the molecule is NCc1nc(C(=O)Nc2cccnc2-n2cccn2)cs1. The van der Waals surface area contributed by atoms with Crippen molar-refractivity contribution < 1.29 is 4.79 Å². The van der Waals surface area contributed by atoms with E-state index in [9.17, 15) is 4.79 Å². The van der Waals surface area contributed by atoms with Crippen molar-refractivity contribution in [1.82, 2.24) is 19.7 Å². The summed E-state index contributed by atoms with van der Waals surface area (Å²) in [6.07, 6.45) is 5.05. The molecule has 3 aromatic heterocycles. The Balaban J connectivity index is 1.86. The van der Waals surface area contributed by atoms with Crippen molar-refractivity contribution in [1.29, 1.82) is 0 Å². The minimum atomic E-state index is -0.299. The number of anilines is 1. The first-order valence-corrected chi connectivity index (χ1v) is 7.07. The van der Waals surface area contributed by atoms with Crippen LogP contribution >= 0.6 is 11.3 Å². The molecule has 0 atom stereocenters. The summed E-state index contributed by atoms with van der Waals surface area (Å²) in [5.41, 5.74) is 6.41. The van der Waals surface area contributed by atoms with Crippen LogP contribution in [-0.2, 0) is 6.54 Å². The number of nitrogens with two attached hydrogens (primary N) is 1. The quantitative estimate of drug-likeness (QED) is 0.759. The molecule has 1 amide bonds. The van der Waals surface area contributed by atoms with Gasteiger partial charge >= 0.3 is 0 Å². The second-order valence-corrected chi connectivity index (χ2v) is 5.05. The molecule has 0 spiro atoms. The maximum Gasteiger partial charge on any atom is 0.275 e. The third-order valence-electron chi connectivity index (χ3n) is 2.72. The molecule has 106 valence electrons. The van der Waals surface area contributed by atoms with E-state index in [1.165, 1.54) is 11.3 Å².